The predicted octanol–water partition coefficient (Wildman–Crippen LogP) is 5.45. The molecule has 2 aromatic carbocycles. The van der Waals surface area contributed by atoms with E-state index in [1.165, 1.54) is 18.2 Å². The van der Waals surface area contributed by atoms with Crippen LogP contribution in [0.5, 0.6) is 0 Å². The lowest BCUT2D eigenvalue weighted by Crippen LogP contribution is -2.39. The number of hydrogen-bond acceptors (Lipinski definition) is 2. The van der Waals surface area contributed by atoms with Crippen LogP contribution >= 0.6 is 11.6 Å². The maximum Gasteiger partial charge on any atom is 0.417 e. The van der Waals surface area contributed by atoms with Gasteiger partial charge >= 0.3 is 6.18 Å². The second-order valence-corrected chi connectivity index (χ2v) is 7.61. The molecule has 2 aromatic rings. The fourth-order valence-corrected chi connectivity index (χ4v) is 3.91. The van der Waals surface area contributed by atoms with Crippen LogP contribution in [0.25, 0.3) is 0 Å². The maximum atomic E-state index is 13.3. The Morgan fingerprint density at radius 3 is 2.52 bits per heavy atom. The van der Waals surface area contributed by atoms with Gasteiger partial charge in [-0.2, -0.15) is 13.2 Å². The molecule has 0 aliphatic carbocycles. The molecule has 0 spiro atoms. The van der Waals surface area contributed by atoms with Gasteiger partial charge in [-0.3, -0.25) is 9.69 Å². The molecule has 0 radical (unpaired) electrons. The molecule has 1 aliphatic heterocycles. The molecule has 2 atom stereocenters. The molecule has 1 amide bonds. The minimum absolute atomic E-state index is 0.247. The highest BCUT2D eigenvalue weighted by Gasteiger charge is 2.35. The molecule has 1 heterocycles. The van der Waals surface area contributed by atoms with Crippen molar-refractivity contribution in [2.24, 2.45) is 0 Å². The lowest BCUT2D eigenvalue weighted by atomic mass is 10.0. The molecule has 0 aromatic heterocycles. The van der Waals surface area contributed by atoms with Gasteiger partial charge < -0.3 is 5.32 Å². The molecular weight excluding hydrogens is 408 g/mol. The number of halogens is 5. The Bertz CT molecular complexity index is 870. The summed E-state index contributed by atoms with van der Waals surface area (Å²) in [6.07, 6.45) is -2.59. The van der Waals surface area contributed by atoms with Crippen LogP contribution in [-0.4, -0.2) is 29.9 Å². The number of nitrogens with zero attached hydrogens (tertiary/aromatic N) is 1. The molecule has 1 saturated heterocycles. The van der Waals surface area contributed by atoms with E-state index < -0.39 is 34.5 Å². The number of likely N-dealkylation sites (tertiary alicyclic amines) is 1. The second-order valence-electron chi connectivity index (χ2n) is 7.23. The zero-order valence-electron chi connectivity index (χ0n) is 15.8. The topological polar surface area (TPSA) is 32.3 Å². The lowest BCUT2D eigenvalue weighted by molar-refractivity contribution is -0.137. The number of carbonyl (C=O) groups excluding carboxylic acids is 1. The fraction of sp³-hybridized carbons (Fsp3) is 0.381. The van der Waals surface area contributed by atoms with Gasteiger partial charge in [-0.1, -0.05) is 29.8 Å². The summed E-state index contributed by atoms with van der Waals surface area (Å²) >= 11 is 5.89. The molecule has 0 bridgehead atoms. The van der Waals surface area contributed by atoms with Crippen LogP contribution in [0, 0.1) is 5.82 Å². The molecule has 3 nitrogen and oxygen atoms in total. The lowest BCUT2D eigenvalue weighted by Gasteiger charge is -2.28. The Balaban J connectivity index is 1.87. The van der Waals surface area contributed by atoms with E-state index in [-0.39, 0.29) is 5.56 Å². The summed E-state index contributed by atoms with van der Waals surface area (Å²) in [4.78, 5) is 15.0. The summed E-state index contributed by atoms with van der Waals surface area (Å²) in [5.41, 5.74) is -0.636. The largest absolute Gasteiger partial charge is 0.417 e. The number of nitrogens with one attached hydrogen (secondary N) is 1. The van der Waals surface area contributed by atoms with E-state index in [2.05, 4.69) is 17.1 Å². The van der Waals surface area contributed by atoms with Crippen molar-refractivity contribution in [1.29, 1.82) is 0 Å². The van der Waals surface area contributed by atoms with E-state index in [1.807, 2.05) is 0 Å². The van der Waals surface area contributed by atoms with E-state index in [0.717, 1.165) is 31.5 Å². The summed E-state index contributed by atoms with van der Waals surface area (Å²) < 4.78 is 52.7. The molecule has 0 saturated carbocycles. The zero-order valence-corrected chi connectivity index (χ0v) is 16.5. The van der Waals surface area contributed by atoms with Gasteiger partial charge in [0, 0.05) is 12.6 Å². The zero-order chi connectivity index (χ0) is 21.2. The van der Waals surface area contributed by atoms with Gasteiger partial charge in [-0.15, -0.1) is 0 Å². The monoisotopic (exact) mass is 428 g/mol. The van der Waals surface area contributed by atoms with Gasteiger partial charge in [-0.05, 0) is 56.1 Å². The number of benzene rings is 2. The molecule has 8 heteroatoms. The summed E-state index contributed by atoms with van der Waals surface area (Å²) in [6.45, 7) is 3.41. The number of amides is 1. The highest BCUT2D eigenvalue weighted by molar-refractivity contribution is 6.34. The molecule has 3 rings (SSSR count). The minimum atomic E-state index is -4.66. The van der Waals surface area contributed by atoms with E-state index >= 15 is 0 Å². The average Bonchev–Trinajstić information content (AvgIpc) is 3.05. The average molecular weight is 429 g/mol. The molecule has 1 unspecified atom stereocenters. The van der Waals surface area contributed by atoms with E-state index in [1.54, 1.807) is 12.1 Å². The van der Waals surface area contributed by atoms with E-state index in [0.29, 0.717) is 18.2 Å². The standard InChI is InChI=1S/C21H21ClF4N2O/c1-13-4-3-11-28(13)12-18(14-7-9-15(23)10-8-14)27-20(29)16-5-2-6-17(19(16)22)21(24,25)26/h2,5-10,13,18H,3-4,11-12H2,1H3,(H,27,29)/t13?,18-/m1/s1. The fourth-order valence-electron chi connectivity index (χ4n) is 3.59. The minimum Gasteiger partial charge on any atom is -0.344 e. The van der Waals surface area contributed by atoms with Gasteiger partial charge in [0.25, 0.3) is 5.91 Å². The predicted molar refractivity (Wildman–Crippen MR) is 103 cm³/mol. The van der Waals surface area contributed by atoms with Crippen LogP contribution < -0.4 is 5.32 Å². The van der Waals surface area contributed by atoms with Crippen molar-refractivity contribution in [1.82, 2.24) is 10.2 Å². The van der Waals surface area contributed by atoms with Crippen molar-refractivity contribution in [3.05, 3.63) is 70.0 Å². The number of hydrogen-bond donors (Lipinski definition) is 1. The Morgan fingerprint density at radius 1 is 1.24 bits per heavy atom. The first-order valence-electron chi connectivity index (χ1n) is 9.33. The Morgan fingerprint density at radius 2 is 1.93 bits per heavy atom. The van der Waals surface area contributed by atoms with Gasteiger partial charge in [0.1, 0.15) is 5.82 Å². The Labute approximate surface area is 171 Å². The summed E-state index contributed by atoms with van der Waals surface area (Å²) in [5.74, 6) is -1.11. The van der Waals surface area contributed by atoms with Crippen LogP contribution in [0.1, 0.15) is 47.3 Å². The smallest absolute Gasteiger partial charge is 0.344 e. The second kappa shape index (κ2) is 8.71. The molecule has 29 heavy (non-hydrogen) atoms. The van der Waals surface area contributed by atoms with Crippen molar-refractivity contribution in [3.8, 4) is 0 Å². The first-order chi connectivity index (χ1) is 13.7. The van der Waals surface area contributed by atoms with Gasteiger partial charge in [0.2, 0.25) is 0 Å². The van der Waals surface area contributed by atoms with Crippen molar-refractivity contribution in [2.75, 3.05) is 13.1 Å². The van der Waals surface area contributed by atoms with Crippen LogP contribution in [0.4, 0.5) is 17.6 Å². The Hall–Kier alpha value is -2.12. The van der Waals surface area contributed by atoms with E-state index in [9.17, 15) is 22.4 Å². The molecule has 1 N–H and O–H groups in total. The van der Waals surface area contributed by atoms with Crippen LogP contribution in [0.15, 0.2) is 42.5 Å². The third-order valence-corrected chi connectivity index (χ3v) is 5.64. The van der Waals surface area contributed by atoms with Crippen LogP contribution in [0.2, 0.25) is 5.02 Å². The molecular formula is C21H21ClF4N2O. The van der Waals surface area contributed by atoms with Gasteiger partial charge in [0.15, 0.2) is 0 Å². The highest BCUT2D eigenvalue weighted by Crippen LogP contribution is 2.36. The molecule has 1 aliphatic rings. The number of alkyl halides is 3. The third-order valence-electron chi connectivity index (χ3n) is 5.23. The van der Waals surface area contributed by atoms with E-state index in [4.69, 9.17) is 11.6 Å². The first kappa shape index (κ1) is 21.6. The normalized spacial score (nSPS) is 18.6. The van der Waals surface area contributed by atoms with Crippen LogP contribution in [-0.2, 0) is 6.18 Å². The number of carbonyl (C=O) groups is 1. The molecule has 1 fully saturated rings. The first-order valence-corrected chi connectivity index (χ1v) is 9.70. The van der Waals surface area contributed by atoms with Crippen molar-refractivity contribution in [3.63, 3.8) is 0 Å². The highest BCUT2D eigenvalue weighted by atomic mass is 35.5. The van der Waals surface area contributed by atoms with Crippen LogP contribution in [0.3, 0.4) is 0 Å². The Kier molecular flexibility index (Phi) is 6.49. The maximum absolute atomic E-state index is 13.3. The third kappa shape index (κ3) is 5.08. The SMILES string of the molecule is CC1CCCN1C[C@@H](NC(=O)c1cccc(C(F)(F)F)c1Cl)c1ccc(F)cc1. The quantitative estimate of drug-likeness (QED) is 0.642. The van der Waals surface area contributed by atoms with Gasteiger partial charge in [-0.25, -0.2) is 4.39 Å². The summed E-state index contributed by atoms with van der Waals surface area (Å²) in [5, 5.41) is 2.15. The van der Waals surface area contributed by atoms with Crippen molar-refractivity contribution in [2.45, 2.75) is 38.0 Å². The van der Waals surface area contributed by atoms with Crippen molar-refractivity contribution < 1.29 is 22.4 Å². The summed E-state index contributed by atoms with van der Waals surface area (Å²) in [7, 11) is 0. The van der Waals surface area contributed by atoms with Crippen molar-refractivity contribution >= 4 is 17.5 Å². The molecule has 156 valence electrons. The number of rotatable bonds is 5. The van der Waals surface area contributed by atoms with Gasteiger partial charge in [0.05, 0.1) is 22.2 Å². The summed E-state index contributed by atoms with van der Waals surface area (Å²) in [6, 6.07) is 8.76.